The molecule has 0 spiro atoms. The Morgan fingerprint density at radius 1 is 0.565 bits per heavy atom. The van der Waals surface area contributed by atoms with Crippen molar-refractivity contribution in [3.8, 4) is 11.5 Å². The molecule has 8 nitrogen and oxygen atoms in total. The Morgan fingerprint density at radius 2 is 0.935 bits per heavy atom. The van der Waals surface area contributed by atoms with Crippen LogP contribution in [0.15, 0.2) is 12.1 Å². The average molecular weight is 757 g/mol. The van der Waals surface area contributed by atoms with Gasteiger partial charge in [-0.05, 0) is 49.7 Å². The van der Waals surface area contributed by atoms with Gasteiger partial charge in [-0.15, -0.1) is 0 Å². The highest BCUT2D eigenvalue weighted by Gasteiger charge is 2.32. The average Bonchev–Trinajstić information content (AvgIpc) is 2.96. The molecule has 0 radical (unpaired) electrons. The monoisotopic (exact) mass is 754 g/mol. The lowest BCUT2D eigenvalue weighted by Crippen LogP contribution is -2.27. The molecule has 14 heteroatoms. The van der Waals surface area contributed by atoms with Gasteiger partial charge in [-0.25, -0.2) is 19.2 Å². The topological polar surface area (TPSA) is 105 Å². The molecule has 2 aliphatic rings. The second-order valence-electron chi connectivity index (χ2n) is 11.4. The molecule has 250 valence electrons. The summed E-state index contributed by atoms with van der Waals surface area (Å²) < 4.78 is 21.0. The third kappa shape index (κ3) is 9.57. The van der Waals surface area contributed by atoms with Gasteiger partial charge in [0.25, 0.3) is 0 Å². The molecule has 0 aliphatic heterocycles. The fraction of sp³-hybridized carbons (Fsp3) is 0.500. The van der Waals surface area contributed by atoms with E-state index in [2.05, 4.69) is 0 Å². The second kappa shape index (κ2) is 17.5. The maximum absolute atomic E-state index is 13.0. The van der Waals surface area contributed by atoms with Crippen LogP contribution >= 0.6 is 69.6 Å². The number of unbranched alkanes of at least 4 members (excludes halogenated alkanes) is 2. The summed E-state index contributed by atoms with van der Waals surface area (Å²) in [4.78, 5) is 51.8. The number of esters is 4. The van der Waals surface area contributed by atoms with E-state index < -0.39 is 46.5 Å². The van der Waals surface area contributed by atoms with E-state index in [4.69, 9.17) is 88.6 Å². The number of carbonyl (C=O) groups is 4. The van der Waals surface area contributed by atoms with Crippen LogP contribution in [0.1, 0.15) is 97.8 Å². The standard InChI is InChI=1S/C32H32Cl6O8/c33-19-15-21(35)27(23(25(19)37)29(39)43-13-3-1-7-17-9-5-10-17)45-31(41)32(42)46-28-22(36)16-20(34)26(38)24(28)30(40)44-14-4-2-8-18-11-6-12-18/h15-18H,1-14H2. The highest BCUT2D eigenvalue weighted by Crippen LogP contribution is 2.42. The van der Waals surface area contributed by atoms with Crippen LogP contribution in [0.3, 0.4) is 0 Å². The van der Waals surface area contributed by atoms with E-state index in [1.54, 1.807) is 0 Å². The van der Waals surface area contributed by atoms with Crippen LogP contribution in [0, 0.1) is 11.8 Å². The SMILES string of the molecule is O=C(Oc1c(Cl)cc(Cl)c(Cl)c1C(=O)OCCCCC1CCC1)C(=O)Oc1c(Cl)cc(Cl)c(Cl)c1C(=O)OCCCCC1CCC1. The molecule has 2 aromatic carbocycles. The summed E-state index contributed by atoms with van der Waals surface area (Å²) in [6.45, 7) is 0.160. The summed E-state index contributed by atoms with van der Waals surface area (Å²) in [7, 11) is 0. The third-order valence-corrected chi connectivity index (χ3v) is 10.3. The second-order valence-corrected chi connectivity index (χ2v) is 13.7. The van der Waals surface area contributed by atoms with Crippen molar-refractivity contribution in [3.63, 3.8) is 0 Å². The quantitative estimate of drug-likeness (QED) is 0.0617. The molecule has 4 rings (SSSR count). The number of hydrogen-bond donors (Lipinski definition) is 0. The van der Waals surface area contributed by atoms with Gasteiger partial charge in [-0.2, -0.15) is 0 Å². The van der Waals surface area contributed by atoms with Crippen molar-refractivity contribution >= 4 is 93.5 Å². The molecule has 0 saturated heterocycles. The van der Waals surface area contributed by atoms with Crippen molar-refractivity contribution in [1.29, 1.82) is 0 Å². The van der Waals surface area contributed by atoms with Crippen molar-refractivity contribution in [2.45, 2.75) is 77.0 Å². The first-order valence-corrected chi connectivity index (χ1v) is 17.4. The largest absolute Gasteiger partial charge is 0.462 e. The summed E-state index contributed by atoms with van der Waals surface area (Å²) in [6.07, 6.45) is 12.5. The Labute approximate surface area is 297 Å². The van der Waals surface area contributed by atoms with Gasteiger partial charge in [0, 0.05) is 0 Å². The number of carbonyl (C=O) groups excluding carboxylic acids is 4. The van der Waals surface area contributed by atoms with Crippen LogP contribution in [0.4, 0.5) is 0 Å². The fourth-order valence-electron chi connectivity index (χ4n) is 5.10. The maximum atomic E-state index is 13.0. The Bertz CT molecular complexity index is 1360. The van der Waals surface area contributed by atoms with Gasteiger partial charge in [0.2, 0.25) is 0 Å². The Kier molecular flexibility index (Phi) is 14.0. The summed E-state index contributed by atoms with van der Waals surface area (Å²) in [5, 5.41) is -1.43. The van der Waals surface area contributed by atoms with Crippen molar-refractivity contribution in [1.82, 2.24) is 0 Å². The van der Waals surface area contributed by atoms with Crippen molar-refractivity contribution in [2.24, 2.45) is 11.8 Å². The Balaban J connectivity index is 1.43. The predicted octanol–water partition coefficient (Wildman–Crippen LogP) is 10.4. The van der Waals surface area contributed by atoms with Crippen LogP contribution in [0.25, 0.3) is 0 Å². The lowest BCUT2D eigenvalue weighted by molar-refractivity contribution is -0.156. The molecule has 0 unspecified atom stereocenters. The zero-order valence-electron chi connectivity index (χ0n) is 24.7. The number of rotatable bonds is 14. The van der Waals surface area contributed by atoms with Crippen molar-refractivity contribution in [3.05, 3.63) is 53.4 Å². The van der Waals surface area contributed by atoms with Crippen LogP contribution in [0.2, 0.25) is 30.1 Å². The number of hydrogen-bond acceptors (Lipinski definition) is 8. The summed E-state index contributed by atoms with van der Waals surface area (Å²) in [5.41, 5.74) is -0.901. The molecule has 2 fully saturated rings. The Morgan fingerprint density at radius 3 is 1.26 bits per heavy atom. The summed E-state index contributed by atoms with van der Waals surface area (Å²) in [6, 6.07) is 2.26. The fourth-order valence-corrected chi connectivity index (χ4v) is 6.54. The normalized spacial score (nSPS) is 14.7. The first-order valence-electron chi connectivity index (χ1n) is 15.1. The number of benzene rings is 2. The number of ether oxygens (including phenoxy) is 4. The molecule has 0 bridgehead atoms. The minimum absolute atomic E-state index is 0.0800. The van der Waals surface area contributed by atoms with Crippen molar-refractivity contribution < 1.29 is 38.1 Å². The van der Waals surface area contributed by atoms with Gasteiger partial charge in [0.15, 0.2) is 11.5 Å². The predicted molar refractivity (Wildman–Crippen MR) is 177 cm³/mol. The van der Waals surface area contributed by atoms with Gasteiger partial charge in [0.05, 0.1) is 43.3 Å². The molecule has 46 heavy (non-hydrogen) atoms. The molecule has 2 saturated carbocycles. The molecular formula is C32H32Cl6O8. The molecule has 0 amide bonds. The molecular weight excluding hydrogens is 725 g/mol. The highest BCUT2D eigenvalue weighted by atomic mass is 35.5. The van der Waals surface area contributed by atoms with E-state index in [-0.39, 0.29) is 43.3 Å². The Hall–Kier alpha value is -1.94. The number of halogens is 6. The van der Waals surface area contributed by atoms with Gasteiger partial charge >= 0.3 is 23.9 Å². The van der Waals surface area contributed by atoms with Gasteiger partial charge < -0.3 is 18.9 Å². The molecule has 2 aromatic rings. The molecule has 2 aliphatic carbocycles. The molecule has 0 heterocycles. The third-order valence-electron chi connectivity index (χ3n) is 8.15. The zero-order valence-corrected chi connectivity index (χ0v) is 29.3. The maximum Gasteiger partial charge on any atom is 0.423 e. The van der Waals surface area contributed by atoms with Crippen molar-refractivity contribution in [2.75, 3.05) is 13.2 Å². The van der Waals surface area contributed by atoms with Crippen LogP contribution in [-0.2, 0) is 19.1 Å². The smallest absolute Gasteiger partial charge is 0.423 e. The van der Waals surface area contributed by atoms with E-state index >= 15 is 0 Å². The van der Waals surface area contributed by atoms with E-state index in [1.807, 2.05) is 0 Å². The first kappa shape index (κ1) is 36.9. The minimum Gasteiger partial charge on any atom is -0.462 e. The van der Waals surface area contributed by atoms with E-state index in [0.717, 1.165) is 49.7 Å². The zero-order chi connectivity index (χ0) is 33.4. The molecule has 0 aromatic heterocycles. The van der Waals surface area contributed by atoms with Gasteiger partial charge in [0.1, 0.15) is 11.1 Å². The molecule has 0 N–H and O–H groups in total. The van der Waals surface area contributed by atoms with E-state index in [0.29, 0.717) is 12.8 Å². The van der Waals surface area contributed by atoms with E-state index in [9.17, 15) is 19.2 Å². The lowest BCUT2D eigenvalue weighted by Gasteiger charge is -2.24. The van der Waals surface area contributed by atoms with Gasteiger partial charge in [-0.1, -0.05) is 121 Å². The van der Waals surface area contributed by atoms with E-state index in [1.165, 1.54) is 38.5 Å². The van der Waals surface area contributed by atoms with Gasteiger partial charge in [-0.3, -0.25) is 0 Å². The highest BCUT2D eigenvalue weighted by molar-refractivity contribution is 6.47. The minimum atomic E-state index is -1.63. The summed E-state index contributed by atoms with van der Waals surface area (Å²) in [5.74, 6) is -4.89. The van der Waals surface area contributed by atoms with Crippen LogP contribution in [0.5, 0.6) is 11.5 Å². The molecule has 0 atom stereocenters. The first-order chi connectivity index (χ1) is 22.0. The lowest BCUT2D eigenvalue weighted by atomic mass is 9.82. The van der Waals surface area contributed by atoms with Crippen LogP contribution in [-0.4, -0.2) is 37.1 Å². The van der Waals surface area contributed by atoms with Crippen LogP contribution < -0.4 is 9.47 Å². The summed E-state index contributed by atoms with van der Waals surface area (Å²) >= 11 is 37.2.